The Kier molecular flexibility index (Phi) is 4.20. The summed E-state index contributed by atoms with van der Waals surface area (Å²) in [6, 6.07) is 19.2. The van der Waals surface area contributed by atoms with Gasteiger partial charge in [-0.15, -0.1) is 0 Å². The molecule has 5 heteroatoms. The van der Waals surface area contributed by atoms with Gasteiger partial charge in [-0.2, -0.15) is 0 Å². The highest BCUT2D eigenvalue weighted by atomic mass is 16.5. The molecule has 114 valence electrons. The highest BCUT2D eigenvalue weighted by Gasteiger charge is 2.10. The first-order valence-corrected chi connectivity index (χ1v) is 7.04. The van der Waals surface area contributed by atoms with Gasteiger partial charge in [-0.05, 0) is 30.3 Å². The van der Waals surface area contributed by atoms with Gasteiger partial charge >= 0.3 is 0 Å². The predicted octanol–water partition coefficient (Wildman–Crippen LogP) is 3.42. The van der Waals surface area contributed by atoms with Crippen LogP contribution in [0.25, 0.3) is 0 Å². The van der Waals surface area contributed by atoms with Crippen molar-refractivity contribution in [1.82, 2.24) is 4.98 Å². The van der Waals surface area contributed by atoms with Crippen molar-refractivity contribution in [2.24, 2.45) is 0 Å². The number of nitrogens with one attached hydrogen (secondary N) is 2. The molecule has 0 unspecified atom stereocenters. The summed E-state index contributed by atoms with van der Waals surface area (Å²) in [6.07, 6.45) is 1.43. The Bertz CT molecular complexity index is 872. The molecule has 0 aliphatic carbocycles. The van der Waals surface area contributed by atoms with E-state index in [9.17, 15) is 9.59 Å². The number of hydrogen-bond acceptors (Lipinski definition) is 3. The van der Waals surface area contributed by atoms with Gasteiger partial charge in [-0.1, -0.05) is 30.3 Å². The van der Waals surface area contributed by atoms with Crippen molar-refractivity contribution in [3.05, 3.63) is 88.8 Å². The summed E-state index contributed by atoms with van der Waals surface area (Å²) in [7, 11) is 0. The van der Waals surface area contributed by atoms with Crippen LogP contribution in [0.2, 0.25) is 0 Å². The standard InChI is InChI=1S/C18H14N2O3/c21-17-12-13(10-11-19-17)18(22)20-15-8-4-5-9-16(15)23-14-6-2-1-3-7-14/h1-12H,(H,19,21)(H,20,22). The number of H-pyrrole nitrogens is 1. The molecule has 2 aromatic carbocycles. The van der Waals surface area contributed by atoms with E-state index in [0.29, 0.717) is 17.2 Å². The highest BCUT2D eigenvalue weighted by Crippen LogP contribution is 2.29. The third-order valence-corrected chi connectivity index (χ3v) is 3.14. The number of rotatable bonds is 4. The van der Waals surface area contributed by atoms with Crippen molar-refractivity contribution in [1.29, 1.82) is 0 Å². The number of aromatic nitrogens is 1. The molecule has 0 aliphatic heterocycles. The van der Waals surface area contributed by atoms with Crippen molar-refractivity contribution in [2.75, 3.05) is 5.32 Å². The number of hydrogen-bond donors (Lipinski definition) is 2. The normalized spacial score (nSPS) is 10.1. The van der Waals surface area contributed by atoms with Crippen molar-refractivity contribution in [2.45, 2.75) is 0 Å². The largest absolute Gasteiger partial charge is 0.455 e. The van der Waals surface area contributed by atoms with Crippen LogP contribution in [0.3, 0.4) is 0 Å². The van der Waals surface area contributed by atoms with Crippen LogP contribution in [-0.4, -0.2) is 10.9 Å². The number of ether oxygens (including phenoxy) is 1. The molecule has 0 saturated carbocycles. The average Bonchev–Trinajstić information content (AvgIpc) is 2.57. The smallest absolute Gasteiger partial charge is 0.256 e. The molecule has 0 atom stereocenters. The molecule has 3 aromatic rings. The monoisotopic (exact) mass is 306 g/mol. The minimum absolute atomic E-state index is 0.281. The van der Waals surface area contributed by atoms with Gasteiger partial charge in [0, 0.05) is 17.8 Å². The zero-order chi connectivity index (χ0) is 16.1. The summed E-state index contributed by atoms with van der Waals surface area (Å²) in [4.78, 5) is 26.0. The van der Waals surface area contributed by atoms with Crippen LogP contribution >= 0.6 is 0 Å². The quantitative estimate of drug-likeness (QED) is 0.776. The lowest BCUT2D eigenvalue weighted by Gasteiger charge is -2.12. The molecule has 3 rings (SSSR count). The maximum Gasteiger partial charge on any atom is 0.256 e. The topological polar surface area (TPSA) is 71.2 Å². The summed E-state index contributed by atoms with van der Waals surface area (Å²) in [5, 5.41) is 2.76. The Labute approximate surface area is 132 Å². The lowest BCUT2D eigenvalue weighted by atomic mass is 10.2. The Morgan fingerprint density at radius 2 is 1.70 bits per heavy atom. The van der Waals surface area contributed by atoms with Crippen molar-refractivity contribution in [3.8, 4) is 11.5 Å². The van der Waals surface area contributed by atoms with Crippen LogP contribution in [0.1, 0.15) is 10.4 Å². The zero-order valence-electron chi connectivity index (χ0n) is 12.2. The van der Waals surface area contributed by atoms with E-state index in [1.165, 1.54) is 18.3 Å². The number of carbonyl (C=O) groups is 1. The second kappa shape index (κ2) is 6.62. The van der Waals surface area contributed by atoms with Gasteiger partial charge in [0.15, 0.2) is 5.75 Å². The molecule has 1 heterocycles. The van der Waals surface area contributed by atoms with E-state index in [1.807, 2.05) is 36.4 Å². The zero-order valence-corrected chi connectivity index (χ0v) is 12.2. The van der Waals surface area contributed by atoms with Crippen LogP contribution in [-0.2, 0) is 0 Å². The first kappa shape index (κ1) is 14.6. The number of benzene rings is 2. The van der Waals surface area contributed by atoms with Crippen LogP contribution in [0.4, 0.5) is 5.69 Å². The Morgan fingerprint density at radius 1 is 0.957 bits per heavy atom. The minimum atomic E-state index is -0.375. The lowest BCUT2D eigenvalue weighted by Crippen LogP contribution is -2.15. The molecule has 2 N–H and O–H groups in total. The first-order valence-electron chi connectivity index (χ1n) is 7.04. The molecule has 23 heavy (non-hydrogen) atoms. The SMILES string of the molecule is O=C(Nc1ccccc1Oc1ccccc1)c1cc[nH]c(=O)c1. The van der Waals surface area contributed by atoms with Crippen molar-refractivity contribution < 1.29 is 9.53 Å². The maximum atomic E-state index is 12.3. The minimum Gasteiger partial charge on any atom is -0.455 e. The van der Waals surface area contributed by atoms with Gasteiger partial charge in [0.2, 0.25) is 5.56 Å². The molecular weight excluding hydrogens is 292 g/mol. The predicted molar refractivity (Wildman–Crippen MR) is 88.0 cm³/mol. The van der Waals surface area contributed by atoms with Crippen molar-refractivity contribution >= 4 is 11.6 Å². The van der Waals surface area contributed by atoms with E-state index in [1.54, 1.807) is 18.2 Å². The van der Waals surface area contributed by atoms with E-state index >= 15 is 0 Å². The fourth-order valence-electron chi connectivity index (χ4n) is 2.05. The Hall–Kier alpha value is -3.34. The van der Waals surface area contributed by atoms with Gasteiger partial charge in [0.25, 0.3) is 5.91 Å². The number of amides is 1. The molecule has 0 fully saturated rings. The molecule has 1 aromatic heterocycles. The lowest BCUT2D eigenvalue weighted by molar-refractivity contribution is 0.102. The Morgan fingerprint density at radius 3 is 2.48 bits per heavy atom. The molecule has 1 amide bonds. The van der Waals surface area contributed by atoms with Crippen LogP contribution in [0, 0.1) is 0 Å². The third kappa shape index (κ3) is 3.65. The van der Waals surface area contributed by atoms with E-state index < -0.39 is 0 Å². The van der Waals surface area contributed by atoms with E-state index in [0.717, 1.165) is 0 Å². The summed E-state index contributed by atoms with van der Waals surface area (Å²) in [6.45, 7) is 0. The summed E-state index contributed by atoms with van der Waals surface area (Å²) >= 11 is 0. The van der Waals surface area contributed by atoms with Crippen molar-refractivity contribution in [3.63, 3.8) is 0 Å². The molecule has 0 spiro atoms. The number of pyridine rings is 1. The fraction of sp³-hybridized carbons (Fsp3) is 0. The van der Waals surface area contributed by atoms with Gasteiger partial charge < -0.3 is 15.0 Å². The Balaban J connectivity index is 1.83. The summed E-state index contributed by atoms with van der Waals surface area (Å²) in [5.74, 6) is 0.822. The summed E-state index contributed by atoms with van der Waals surface area (Å²) in [5.41, 5.74) is 0.483. The van der Waals surface area contributed by atoms with Gasteiger partial charge in [-0.25, -0.2) is 0 Å². The second-order valence-electron chi connectivity index (χ2n) is 4.81. The molecule has 5 nitrogen and oxygen atoms in total. The summed E-state index contributed by atoms with van der Waals surface area (Å²) < 4.78 is 5.79. The number of para-hydroxylation sites is 3. The van der Waals surface area contributed by atoms with E-state index in [2.05, 4.69) is 10.3 Å². The molecule has 0 aliphatic rings. The van der Waals surface area contributed by atoms with Gasteiger partial charge in [-0.3, -0.25) is 9.59 Å². The number of aromatic amines is 1. The second-order valence-corrected chi connectivity index (χ2v) is 4.81. The maximum absolute atomic E-state index is 12.3. The van der Waals surface area contributed by atoms with Gasteiger partial charge in [0.05, 0.1) is 5.69 Å². The highest BCUT2D eigenvalue weighted by molar-refractivity contribution is 6.04. The van der Waals surface area contributed by atoms with Crippen LogP contribution < -0.4 is 15.6 Å². The van der Waals surface area contributed by atoms with Crippen LogP contribution in [0.5, 0.6) is 11.5 Å². The molecule has 0 bridgehead atoms. The number of anilines is 1. The number of carbonyl (C=O) groups excluding carboxylic acids is 1. The van der Waals surface area contributed by atoms with E-state index in [-0.39, 0.29) is 17.0 Å². The van der Waals surface area contributed by atoms with Gasteiger partial charge in [0.1, 0.15) is 5.75 Å². The first-order chi connectivity index (χ1) is 11.2. The molecule has 0 radical (unpaired) electrons. The van der Waals surface area contributed by atoms with E-state index in [4.69, 9.17) is 4.74 Å². The fourth-order valence-corrected chi connectivity index (χ4v) is 2.05. The third-order valence-electron chi connectivity index (χ3n) is 3.14. The average molecular weight is 306 g/mol. The van der Waals surface area contributed by atoms with Crippen LogP contribution in [0.15, 0.2) is 77.7 Å². The molecule has 0 saturated heterocycles. The molecular formula is C18H14N2O3.